The SMILES string of the molecule is CC(C)N(Cc1cccc([S+](c2ccccc2)c2ccccc2)c1)C(C)C. The first-order chi connectivity index (χ1) is 13.1. The van der Waals surface area contributed by atoms with E-state index in [1.54, 1.807) is 0 Å². The third-order valence-corrected chi connectivity index (χ3v) is 7.00. The first kappa shape index (κ1) is 19.7. The second-order valence-electron chi connectivity index (χ2n) is 7.44. The zero-order chi connectivity index (χ0) is 19.2. The van der Waals surface area contributed by atoms with Crippen LogP contribution in [0.2, 0.25) is 0 Å². The van der Waals surface area contributed by atoms with Crippen molar-refractivity contribution in [3.05, 3.63) is 90.5 Å². The Balaban J connectivity index is 1.99. The average molecular weight is 377 g/mol. The molecule has 0 unspecified atom stereocenters. The van der Waals surface area contributed by atoms with Gasteiger partial charge in [-0.25, -0.2) is 0 Å². The molecule has 2 heteroatoms. The molecule has 1 nitrogen and oxygen atoms in total. The van der Waals surface area contributed by atoms with Gasteiger partial charge in [-0.2, -0.15) is 0 Å². The number of nitrogens with zero attached hydrogens (tertiary/aromatic N) is 1. The van der Waals surface area contributed by atoms with Crippen molar-refractivity contribution in [2.75, 3.05) is 0 Å². The van der Waals surface area contributed by atoms with Crippen LogP contribution in [0.1, 0.15) is 33.3 Å². The van der Waals surface area contributed by atoms with Crippen molar-refractivity contribution >= 4 is 10.9 Å². The van der Waals surface area contributed by atoms with Gasteiger partial charge in [-0.15, -0.1) is 0 Å². The summed E-state index contributed by atoms with van der Waals surface area (Å²) in [7, 11) is -0.0797. The minimum atomic E-state index is -0.0797. The maximum Gasteiger partial charge on any atom is 0.166 e. The van der Waals surface area contributed by atoms with Crippen molar-refractivity contribution in [2.45, 2.75) is 61.0 Å². The Bertz CT molecular complexity index is 780. The van der Waals surface area contributed by atoms with E-state index < -0.39 is 0 Å². The molecule has 0 fully saturated rings. The lowest BCUT2D eigenvalue weighted by atomic mass is 10.1. The lowest BCUT2D eigenvalue weighted by Crippen LogP contribution is -2.36. The van der Waals surface area contributed by atoms with Crippen LogP contribution in [-0.4, -0.2) is 17.0 Å². The van der Waals surface area contributed by atoms with Gasteiger partial charge in [-0.3, -0.25) is 4.90 Å². The topological polar surface area (TPSA) is 3.24 Å². The molecule has 3 aromatic carbocycles. The van der Waals surface area contributed by atoms with Crippen LogP contribution in [0.5, 0.6) is 0 Å². The lowest BCUT2D eigenvalue weighted by molar-refractivity contribution is 0.166. The van der Waals surface area contributed by atoms with E-state index in [4.69, 9.17) is 0 Å². The molecular formula is C25H30NS+. The Morgan fingerprint density at radius 1 is 0.630 bits per heavy atom. The van der Waals surface area contributed by atoms with Crippen LogP contribution in [0.25, 0.3) is 0 Å². The predicted molar refractivity (Wildman–Crippen MR) is 117 cm³/mol. The molecule has 0 amide bonds. The third kappa shape index (κ3) is 5.03. The lowest BCUT2D eigenvalue weighted by Gasteiger charge is -2.30. The van der Waals surface area contributed by atoms with Gasteiger partial charge in [0.15, 0.2) is 14.7 Å². The summed E-state index contributed by atoms with van der Waals surface area (Å²) in [6.45, 7) is 10.1. The van der Waals surface area contributed by atoms with Crippen LogP contribution in [0.4, 0.5) is 0 Å². The molecule has 27 heavy (non-hydrogen) atoms. The summed E-state index contributed by atoms with van der Waals surface area (Å²) < 4.78 is 0. The molecule has 0 aliphatic rings. The second-order valence-corrected chi connectivity index (χ2v) is 9.47. The highest BCUT2D eigenvalue weighted by molar-refractivity contribution is 7.97. The van der Waals surface area contributed by atoms with Crippen molar-refractivity contribution in [1.29, 1.82) is 0 Å². The van der Waals surface area contributed by atoms with Gasteiger partial charge < -0.3 is 0 Å². The Kier molecular flexibility index (Phi) is 6.76. The molecule has 0 atom stereocenters. The molecule has 0 aliphatic carbocycles. The first-order valence-electron chi connectivity index (χ1n) is 9.75. The van der Waals surface area contributed by atoms with Gasteiger partial charge in [-0.1, -0.05) is 48.5 Å². The van der Waals surface area contributed by atoms with E-state index in [-0.39, 0.29) is 10.9 Å². The predicted octanol–water partition coefficient (Wildman–Crippen LogP) is 6.40. The molecule has 0 aromatic heterocycles. The maximum atomic E-state index is 2.54. The van der Waals surface area contributed by atoms with E-state index in [0.717, 1.165) is 6.54 Å². The van der Waals surface area contributed by atoms with E-state index in [9.17, 15) is 0 Å². The highest BCUT2D eigenvalue weighted by atomic mass is 32.2. The molecule has 0 saturated carbocycles. The fraction of sp³-hybridized carbons (Fsp3) is 0.280. The number of hydrogen-bond donors (Lipinski definition) is 0. The minimum Gasteiger partial charge on any atom is -0.294 e. The minimum absolute atomic E-state index is 0.0797. The van der Waals surface area contributed by atoms with Crippen molar-refractivity contribution in [2.24, 2.45) is 0 Å². The Labute approximate surface area is 167 Å². The standard InChI is InChI=1S/C25H30NS/c1-20(2)26(21(3)4)19-22-12-11-17-25(18-22)27(23-13-7-5-8-14-23)24-15-9-6-10-16-24/h5-18,20-21H,19H2,1-4H3/q+1. The van der Waals surface area contributed by atoms with Crippen LogP contribution in [0.3, 0.4) is 0 Å². The molecule has 0 N–H and O–H groups in total. The summed E-state index contributed by atoms with van der Waals surface area (Å²) in [5.41, 5.74) is 1.39. The molecule has 0 bridgehead atoms. The van der Waals surface area contributed by atoms with E-state index in [1.165, 1.54) is 20.2 Å². The molecule has 0 aliphatic heterocycles. The molecule has 0 saturated heterocycles. The second kappa shape index (κ2) is 9.25. The zero-order valence-electron chi connectivity index (χ0n) is 16.8. The largest absolute Gasteiger partial charge is 0.294 e. The monoisotopic (exact) mass is 376 g/mol. The fourth-order valence-electron chi connectivity index (χ4n) is 3.46. The zero-order valence-corrected chi connectivity index (χ0v) is 17.6. The van der Waals surface area contributed by atoms with E-state index in [0.29, 0.717) is 12.1 Å². The highest BCUT2D eigenvalue weighted by Gasteiger charge is 2.28. The number of hydrogen-bond acceptors (Lipinski definition) is 1. The number of benzene rings is 3. The molecule has 0 radical (unpaired) electrons. The quantitative estimate of drug-likeness (QED) is 0.431. The third-order valence-electron chi connectivity index (χ3n) is 4.78. The van der Waals surface area contributed by atoms with Gasteiger partial charge >= 0.3 is 0 Å². The molecular weight excluding hydrogens is 346 g/mol. The van der Waals surface area contributed by atoms with Crippen molar-refractivity contribution < 1.29 is 0 Å². The molecule has 3 aromatic rings. The van der Waals surface area contributed by atoms with E-state index >= 15 is 0 Å². The Morgan fingerprint density at radius 3 is 1.59 bits per heavy atom. The van der Waals surface area contributed by atoms with Crippen LogP contribution in [0.15, 0.2) is 99.6 Å². The molecule has 0 spiro atoms. The van der Waals surface area contributed by atoms with Crippen molar-refractivity contribution in [1.82, 2.24) is 4.90 Å². The van der Waals surface area contributed by atoms with Gasteiger partial charge in [0.05, 0.1) is 10.9 Å². The molecule has 0 heterocycles. The van der Waals surface area contributed by atoms with Gasteiger partial charge in [-0.05, 0) is 69.7 Å². The van der Waals surface area contributed by atoms with Crippen LogP contribution in [0, 0.1) is 0 Å². The summed E-state index contributed by atoms with van der Waals surface area (Å²) in [6.07, 6.45) is 0. The fourth-order valence-corrected chi connectivity index (χ4v) is 5.62. The van der Waals surface area contributed by atoms with Crippen LogP contribution in [-0.2, 0) is 17.4 Å². The van der Waals surface area contributed by atoms with Gasteiger partial charge in [0, 0.05) is 18.6 Å². The van der Waals surface area contributed by atoms with Crippen molar-refractivity contribution in [3.8, 4) is 0 Å². The Morgan fingerprint density at radius 2 is 1.11 bits per heavy atom. The van der Waals surface area contributed by atoms with Crippen molar-refractivity contribution in [3.63, 3.8) is 0 Å². The van der Waals surface area contributed by atoms with E-state index in [2.05, 4.69) is 118 Å². The maximum absolute atomic E-state index is 2.54. The van der Waals surface area contributed by atoms with Gasteiger partial charge in [0.25, 0.3) is 0 Å². The van der Waals surface area contributed by atoms with Gasteiger partial charge in [0.1, 0.15) is 0 Å². The summed E-state index contributed by atoms with van der Waals surface area (Å²) in [5.74, 6) is 0. The summed E-state index contributed by atoms with van der Waals surface area (Å²) in [4.78, 5) is 6.66. The summed E-state index contributed by atoms with van der Waals surface area (Å²) >= 11 is 0. The summed E-state index contributed by atoms with van der Waals surface area (Å²) in [5, 5.41) is 0. The Hall–Kier alpha value is -2.03. The first-order valence-corrected chi connectivity index (χ1v) is 11.0. The number of rotatable bonds is 7. The average Bonchev–Trinajstić information content (AvgIpc) is 2.68. The smallest absolute Gasteiger partial charge is 0.166 e. The normalized spacial score (nSPS) is 11.7. The van der Waals surface area contributed by atoms with Gasteiger partial charge in [0.2, 0.25) is 0 Å². The molecule has 140 valence electrons. The summed E-state index contributed by atoms with van der Waals surface area (Å²) in [6, 6.07) is 32.0. The van der Waals surface area contributed by atoms with E-state index in [1.807, 2.05) is 0 Å². The van der Waals surface area contributed by atoms with Crippen LogP contribution >= 0.6 is 0 Å². The highest BCUT2D eigenvalue weighted by Crippen LogP contribution is 2.31. The molecule has 3 rings (SSSR count). The van der Waals surface area contributed by atoms with Crippen LogP contribution < -0.4 is 0 Å².